The van der Waals surface area contributed by atoms with E-state index in [9.17, 15) is 0 Å². The fourth-order valence-electron chi connectivity index (χ4n) is 2.43. The summed E-state index contributed by atoms with van der Waals surface area (Å²) in [5.74, 6) is 0.505. The summed E-state index contributed by atoms with van der Waals surface area (Å²) in [6.45, 7) is 6.25. The van der Waals surface area contributed by atoms with Crippen LogP contribution in [0.15, 0.2) is 27.7 Å². The van der Waals surface area contributed by atoms with Gasteiger partial charge in [0.25, 0.3) is 0 Å². The molecule has 5 nitrogen and oxygen atoms in total. The lowest BCUT2D eigenvalue weighted by atomic mass is 10.1. The molecular weight excluding hydrogens is 506 g/mol. The van der Waals surface area contributed by atoms with Crippen LogP contribution in [0.25, 0.3) is 0 Å². The highest BCUT2D eigenvalue weighted by Gasteiger charge is 2.08. The zero-order valence-corrected chi connectivity index (χ0v) is 18.3. The molecule has 0 bridgehead atoms. The summed E-state index contributed by atoms with van der Waals surface area (Å²) in [5, 5.41) is 3.89. The standard InChI is InChI=1S/C16H24BrClN4O.HI/c17-15-3-2-14(18)12-13(15)4-6-21-16(19)20-5-1-7-22-8-10-23-11-9-22;/h2-3,12H,1,4-11H2,(H3,19,20,21);1H. The van der Waals surface area contributed by atoms with Crippen LogP contribution in [-0.4, -0.2) is 56.8 Å². The molecule has 0 aromatic heterocycles. The van der Waals surface area contributed by atoms with E-state index in [0.29, 0.717) is 5.96 Å². The van der Waals surface area contributed by atoms with Crippen molar-refractivity contribution in [1.82, 2.24) is 10.2 Å². The number of guanidine groups is 1. The summed E-state index contributed by atoms with van der Waals surface area (Å²) in [7, 11) is 0. The largest absolute Gasteiger partial charge is 0.379 e. The van der Waals surface area contributed by atoms with E-state index >= 15 is 0 Å². The maximum atomic E-state index is 6.01. The van der Waals surface area contributed by atoms with Crippen LogP contribution in [0.3, 0.4) is 0 Å². The second-order valence-electron chi connectivity index (χ2n) is 5.49. The quantitative estimate of drug-likeness (QED) is 0.246. The number of ether oxygens (including phenoxy) is 1. The highest BCUT2D eigenvalue weighted by Crippen LogP contribution is 2.21. The monoisotopic (exact) mass is 530 g/mol. The number of hydrogen-bond donors (Lipinski definition) is 2. The first-order valence-electron chi connectivity index (χ1n) is 7.93. The van der Waals surface area contributed by atoms with Gasteiger partial charge in [-0.25, -0.2) is 0 Å². The van der Waals surface area contributed by atoms with Gasteiger partial charge in [-0.1, -0.05) is 27.5 Å². The third kappa shape index (κ3) is 8.33. The fraction of sp³-hybridized carbons (Fsp3) is 0.562. The molecule has 1 aromatic carbocycles. The predicted molar refractivity (Wildman–Crippen MR) is 115 cm³/mol. The lowest BCUT2D eigenvalue weighted by Gasteiger charge is -2.26. The van der Waals surface area contributed by atoms with Crippen molar-refractivity contribution in [3.63, 3.8) is 0 Å². The van der Waals surface area contributed by atoms with Crippen LogP contribution < -0.4 is 11.1 Å². The molecule has 1 heterocycles. The van der Waals surface area contributed by atoms with E-state index in [2.05, 4.69) is 31.1 Å². The first-order chi connectivity index (χ1) is 11.1. The zero-order chi connectivity index (χ0) is 16.5. The highest BCUT2D eigenvalue weighted by atomic mass is 127. The third-order valence-electron chi connectivity index (χ3n) is 3.73. The molecule has 1 aliphatic heterocycles. The van der Waals surface area contributed by atoms with Gasteiger partial charge in [0, 0.05) is 42.2 Å². The Balaban J connectivity index is 0.00000288. The Kier molecular flexibility index (Phi) is 11.2. The van der Waals surface area contributed by atoms with Crippen molar-refractivity contribution < 1.29 is 4.74 Å². The van der Waals surface area contributed by atoms with Gasteiger partial charge in [-0.05, 0) is 36.6 Å². The van der Waals surface area contributed by atoms with E-state index in [-0.39, 0.29) is 24.0 Å². The molecule has 0 unspecified atom stereocenters. The number of nitrogens with one attached hydrogen (secondary N) is 1. The molecule has 0 radical (unpaired) electrons. The van der Waals surface area contributed by atoms with Crippen molar-refractivity contribution in [3.05, 3.63) is 33.3 Å². The number of rotatable bonds is 7. The Morgan fingerprint density at radius 2 is 2.12 bits per heavy atom. The Labute approximate surface area is 174 Å². The molecule has 3 N–H and O–H groups in total. The number of morpholine rings is 1. The first-order valence-corrected chi connectivity index (χ1v) is 9.10. The normalized spacial score (nSPS) is 15.8. The van der Waals surface area contributed by atoms with Crippen molar-refractivity contribution in [3.8, 4) is 0 Å². The van der Waals surface area contributed by atoms with Crippen LogP contribution in [0.5, 0.6) is 0 Å². The Hall–Kier alpha value is -0.0900. The maximum absolute atomic E-state index is 6.01. The van der Waals surface area contributed by atoms with Gasteiger partial charge in [0.15, 0.2) is 5.96 Å². The van der Waals surface area contributed by atoms with Crippen LogP contribution in [0.2, 0.25) is 5.02 Å². The summed E-state index contributed by atoms with van der Waals surface area (Å²) in [6, 6.07) is 5.79. The summed E-state index contributed by atoms with van der Waals surface area (Å²) >= 11 is 9.53. The highest BCUT2D eigenvalue weighted by molar-refractivity contribution is 14.0. The first kappa shape index (κ1) is 22.0. The Bertz CT molecular complexity index is 527. The number of hydrogen-bond acceptors (Lipinski definition) is 3. The predicted octanol–water partition coefficient (Wildman–Crippen LogP) is 2.89. The maximum Gasteiger partial charge on any atom is 0.188 e. The van der Waals surface area contributed by atoms with Gasteiger partial charge in [-0.3, -0.25) is 9.89 Å². The molecule has 0 spiro atoms. The molecular formula is C16H25BrClIN4O. The molecule has 136 valence electrons. The average Bonchev–Trinajstić information content (AvgIpc) is 2.56. The molecule has 8 heteroatoms. The van der Waals surface area contributed by atoms with E-state index in [1.807, 2.05) is 18.2 Å². The fourth-order valence-corrected chi connectivity index (χ4v) is 3.07. The lowest BCUT2D eigenvalue weighted by molar-refractivity contribution is 0.0377. The van der Waals surface area contributed by atoms with Crippen molar-refractivity contribution in [1.29, 1.82) is 0 Å². The van der Waals surface area contributed by atoms with Crippen LogP contribution in [0, 0.1) is 0 Å². The van der Waals surface area contributed by atoms with Crippen LogP contribution in [0.4, 0.5) is 0 Å². The van der Waals surface area contributed by atoms with E-state index < -0.39 is 0 Å². The number of halogens is 3. The summed E-state index contributed by atoms with van der Waals surface area (Å²) in [4.78, 5) is 6.77. The van der Waals surface area contributed by atoms with Crippen LogP contribution in [0.1, 0.15) is 12.0 Å². The molecule has 0 amide bonds. The molecule has 0 saturated carbocycles. The minimum Gasteiger partial charge on any atom is -0.379 e. The van der Waals surface area contributed by atoms with E-state index in [4.69, 9.17) is 22.1 Å². The van der Waals surface area contributed by atoms with Gasteiger partial charge in [-0.15, -0.1) is 24.0 Å². The topological polar surface area (TPSA) is 62.9 Å². The summed E-state index contributed by atoms with van der Waals surface area (Å²) < 4.78 is 6.39. The molecule has 1 aromatic rings. The van der Waals surface area contributed by atoms with Gasteiger partial charge < -0.3 is 15.8 Å². The smallest absolute Gasteiger partial charge is 0.188 e. The van der Waals surface area contributed by atoms with Crippen molar-refractivity contribution in [2.45, 2.75) is 12.8 Å². The molecule has 0 aliphatic carbocycles. The lowest BCUT2D eigenvalue weighted by Crippen LogP contribution is -2.37. The molecule has 1 aliphatic rings. The number of nitrogens with two attached hydrogens (primary N) is 1. The van der Waals surface area contributed by atoms with Crippen LogP contribution >= 0.6 is 51.5 Å². The Morgan fingerprint density at radius 3 is 2.88 bits per heavy atom. The number of nitrogens with zero attached hydrogens (tertiary/aromatic N) is 2. The van der Waals surface area contributed by atoms with Gasteiger partial charge in [0.2, 0.25) is 0 Å². The second kappa shape index (κ2) is 12.3. The molecule has 24 heavy (non-hydrogen) atoms. The van der Waals surface area contributed by atoms with Gasteiger partial charge in [-0.2, -0.15) is 0 Å². The average molecular weight is 532 g/mol. The SMILES string of the molecule is I.NC(=NCCCN1CCOCC1)NCCc1cc(Cl)ccc1Br. The van der Waals surface area contributed by atoms with E-state index in [1.165, 1.54) is 0 Å². The minimum atomic E-state index is 0. The van der Waals surface area contributed by atoms with Crippen LogP contribution in [-0.2, 0) is 11.2 Å². The third-order valence-corrected chi connectivity index (χ3v) is 4.74. The van der Waals surface area contributed by atoms with Gasteiger partial charge in [0.1, 0.15) is 0 Å². The Morgan fingerprint density at radius 1 is 1.38 bits per heavy atom. The van der Waals surface area contributed by atoms with E-state index in [1.54, 1.807) is 0 Å². The van der Waals surface area contributed by atoms with Gasteiger partial charge in [0.05, 0.1) is 13.2 Å². The molecule has 1 saturated heterocycles. The molecule has 0 atom stereocenters. The van der Waals surface area contributed by atoms with Gasteiger partial charge >= 0.3 is 0 Å². The van der Waals surface area contributed by atoms with Crippen molar-refractivity contribution in [2.75, 3.05) is 45.9 Å². The number of aliphatic imine (C=N–C) groups is 1. The summed E-state index contributed by atoms with van der Waals surface area (Å²) in [5.41, 5.74) is 7.05. The van der Waals surface area contributed by atoms with Crippen molar-refractivity contribution >= 4 is 57.5 Å². The zero-order valence-electron chi connectivity index (χ0n) is 13.6. The molecule has 1 fully saturated rings. The van der Waals surface area contributed by atoms with Crippen molar-refractivity contribution in [2.24, 2.45) is 10.7 Å². The van der Waals surface area contributed by atoms with E-state index in [0.717, 1.165) is 73.8 Å². The summed E-state index contributed by atoms with van der Waals surface area (Å²) in [6.07, 6.45) is 1.85. The second-order valence-corrected chi connectivity index (χ2v) is 6.78. The number of benzene rings is 1. The molecule has 2 rings (SSSR count). The minimum absolute atomic E-state index is 0.